The van der Waals surface area contributed by atoms with Crippen molar-refractivity contribution in [2.75, 3.05) is 13.1 Å². The third kappa shape index (κ3) is 5.44. The summed E-state index contributed by atoms with van der Waals surface area (Å²) in [7, 11) is 0. The quantitative estimate of drug-likeness (QED) is 0.657. The van der Waals surface area contributed by atoms with Crippen LogP contribution in [-0.4, -0.2) is 23.3 Å². The Bertz CT molecular complexity index is 306. The van der Waals surface area contributed by atoms with Crippen molar-refractivity contribution in [1.82, 2.24) is 15.5 Å². The van der Waals surface area contributed by atoms with Gasteiger partial charge in [0.05, 0.1) is 0 Å². The summed E-state index contributed by atoms with van der Waals surface area (Å²) in [5.41, 5.74) is 0. The Balaban J connectivity index is 2.44. The first kappa shape index (κ1) is 15.6. The number of nitrogens with zero attached hydrogens (tertiary/aromatic N) is 2. The van der Waals surface area contributed by atoms with E-state index in [4.69, 9.17) is 0 Å². The maximum Gasteiger partial charge on any atom is 0.120 e. The summed E-state index contributed by atoms with van der Waals surface area (Å²) in [6.45, 7) is 8.78. The average Bonchev–Trinajstić information content (AvgIpc) is 2.83. The van der Waals surface area contributed by atoms with Crippen LogP contribution in [0.15, 0.2) is 0 Å². The molecule has 0 spiro atoms. The monoisotopic (exact) mass is 269 g/mol. The first-order valence-corrected chi connectivity index (χ1v) is 8.16. The second-order valence-electron chi connectivity index (χ2n) is 4.77. The molecule has 0 aromatic carbocycles. The molecular weight excluding hydrogens is 242 g/mol. The predicted octanol–water partition coefficient (Wildman–Crippen LogP) is 3.76. The van der Waals surface area contributed by atoms with E-state index in [2.05, 4.69) is 36.3 Å². The summed E-state index contributed by atoms with van der Waals surface area (Å²) in [5.74, 6) is 0.639. The van der Waals surface area contributed by atoms with Crippen molar-refractivity contribution < 1.29 is 0 Å². The van der Waals surface area contributed by atoms with Gasteiger partial charge in [-0.3, -0.25) is 0 Å². The normalized spacial score (nSPS) is 11.3. The fourth-order valence-electron chi connectivity index (χ4n) is 2.16. The van der Waals surface area contributed by atoms with Crippen LogP contribution in [0.1, 0.15) is 68.8 Å². The van der Waals surface area contributed by atoms with Crippen LogP contribution in [0.25, 0.3) is 0 Å². The molecule has 0 aliphatic rings. The maximum atomic E-state index is 4.40. The van der Waals surface area contributed by atoms with Crippen LogP contribution in [0, 0.1) is 0 Å². The van der Waals surface area contributed by atoms with Gasteiger partial charge in [-0.15, -0.1) is 21.5 Å². The largest absolute Gasteiger partial charge is 0.317 e. The summed E-state index contributed by atoms with van der Waals surface area (Å²) in [4.78, 5) is 0. The van der Waals surface area contributed by atoms with Crippen LogP contribution in [-0.2, 0) is 6.42 Å². The second-order valence-corrected chi connectivity index (χ2v) is 5.86. The molecule has 0 saturated carbocycles. The van der Waals surface area contributed by atoms with E-state index in [0.717, 1.165) is 25.9 Å². The second kappa shape index (κ2) is 9.45. The molecule has 0 aliphatic heterocycles. The fourth-order valence-corrected chi connectivity index (χ4v) is 3.22. The highest BCUT2D eigenvalue weighted by atomic mass is 32.1. The zero-order valence-corrected chi connectivity index (χ0v) is 12.9. The minimum absolute atomic E-state index is 0.639. The number of rotatable bonds is 10. The minimum atomic E-state index is 0.639. The highest BCUT2D eigenvalue weighted by molar-refractivity contribution is 7.11. The molecule has 4 heteroatoms. The zero-order chi connectivity index (χ0) is 13.2. The molecule has 0 bridgehead atoms. The molecule has 0 aliphatic carbocycles. The molecule has 0 unspecified atom stereocenters. The number of hydrogen-bond donors (Lipinski definition) is 1. The van der Waals surface area contributed by atoms with Gasteiger partial charge in [-0.25, -0.2) is 0 Å². The van der Waals surface area contributed by atoms with E-state index < -0.39 is 0 Å². The third-order valence-corrected chi connectivity index (χ3v) is 4.25. The molecular formula is C14H27N3S. The molecule has 1 heterocycles. The van der Waals surface area contributed by atoms with Crippen molar-refractivity contribution in [1.29, 1.82) is 0 Å². The van der Waals surface area contributed by atoms with E-state index in [1.807, 2.05) is 11.3 Å². The molecule has 1 rings (SSSR count). The Morgan fingerprint density at radius 2 is 1.83 bits per heavy atom. The van der Waals surface area contributed by atoms with Crippen LogP contribution in [0.4, 0.5) is 0 Å². The zero-order valence-electron chi connectivity index (χ0n) is 12.0. The summed E-state index contributed by atoms with van der Waals surface area (Å²) in [5, 5.41) is 14.6. The van der Waals surface area contributed by atoms with Gasteiger partial charge < -0.3 is 5.32 Å². The van der Waals surface area contributed by atoms with Gasteiger partial charge in [0.1, 0.15) is 10.0 Å². The molecule has 0 atom stereocenters. The van der Waals surface area contributed by atoms with Crippen molar-refractivity contribution in [3.8, 4) is 0 Å². The SMILES string of the molecule is CCCC(CCC)c1nnc(CCCNCC)s1. The van der Waals surface area contributed by atoms with Gasteiger partial charge in [0.15, 0.2) is 0 Å². The fraction of sp³-hybridized carbons (Fsp3) is 0.857. The lowest BCUT2D eigenvalue weighted by Crippen LogP contribution is -2.14. The molecule has 0 amide bonds. The predicted molar refractivity (Wildman–Crippen MR) is 79.3 cm³/mol. The maximum absolute atomic E-state index is 4.40. The summed E-state index contributed by atoms with van der Waals surface area (Å²) in [6.07, 6.45) is 7.20. The molecule has 1 aromatic heterocycles. The van der Waals surface area contributed by atoms with Crippen LogP contribution in [0.3, 0.4) is 0 Å². The minimum Gasteiger partial charge on any atom is -0.317 e. The Hall–Kier alpha value is -0.480. The van der Waals surface area contributed by atoms with Crippen LogP contribution in [0.5, 0.6) is 0 Å². The first-order valence-electron chi connectivity index (χ1n) is 7.34. The van der Waals surface area contributed by atoms with Gasteiger partial charge in [0, 0.05) is 12.3 Å². The lowest BCUT2D eigenvalue weighted by atomic mass is 9.99. The lowest BCUT2D eigenvalue weighted by Gasteiger charge is -2.10. The molecule has 0 radical (unpaired) electrons. The summed E-state index contributed by atoms with van der Waals surface area (Å²) in [6, 6.07) is 0. The Morgan fingerprint density at radius 3 is 2.44 bits per heavy atom. The van der Waals surface area contributed by atoms with E-state index in [1.54, 1.807) is 0 Å². The molecule has 18 heavy (non-hydrogen) atoms. The molecule has 1 aromatic rings. The standard InChI is InChI=1S/C14H27N3S/c1-4-8-12(9-5-2)14-17-16-13(18-14)10-7-11-15-6-3/h12,15H,4-11H2,1-3H3. The van der Waals surface area contributed by atoms with E-state index >= 15 is 0 Å². The van der Waals surface area contributed by atoms with Crippen LogP contribution >= 0.6 is 11.3 Å². The number of hydrogen-bond acceptors (Lipinski definition) is 4. The Labute approximate surface area is 115 Å². The van der Waals surface area contributed by atoms with Gasteiger partial charge in [-0.05, 0) is 32.4 Å². The summed E-state index contributed by atoms with van der Waals surface area (Å²) >= 11 is 1.83. The average molecular weight is 269 g/mol. The molecule has 3 nitrogen and oxygen atoms in total. The van der Waals surface area contributed by atoms with Crippen LogP contribution < -0.4 is 5.32 Å². The van der Waals surface area contributed by atoms with Gasteiger partial charge in [0.2, 0.25) is 0 Å². The van der Waals surface area contributed by atoms with Crippen molar-refractivity contribution in [3.63, 3.8) is 0 Å². The highest BCUT2D eigenvalue weighted by Gasteiger charge is 2.15. The van der Waals surface area contributed by atoms with Crippen molar-refractivity contribution in [2.45, 2.75) is 65.2 Å². The topological polar surface area (TPSA) is 37.8 Å². The number of aryl methyl sites for hydroxylation is 1. The van der Waals surface area contributed by atoms with Crippen molar-refractivity contribution in [3.05, 3.63) is 10.0 Å². The molecule has 0 fully saturated rings. The smallest absolute Gasteiger partial charge is 0.120 e. The summed E-state index contributed by atoms with van der Waals surface area (Å²) < 4.78 is 0. The molecule has 1 N–H and O–H groups in total. The van der Waals surface area contributed by atoms with Crippen LogP contribution in [0.2, 0.25) is 0 Å². The molecule has 104 valence electrons. The Kier molecular flexibility index (Phi) is 8.18. The highest BCUT2D eigenvalue weighted by Crippen LogP contribution is 2.28. The molecule has 0 saturated heterocycles. The van der Waals surface area contributed by atoms with Gasteiger partial charge in [-0.1, -0.05) is 33.6 Å². The van der Waals surface area contributed by atoms with Crippen molar-refractivity contribution in [2.24, 2.45) is 0 Å². The number of nitrogens with one attached hydrogen (secondary N) is 1. The first-order chi connectivity index (χ1) is 8.81. The number of aromatic nitrogens is 2. The van der Waals surface area contributed by atoms with Gasteiger partial charge in [0.25, 0.3) is 0 Å². The lowest BCUT2D eigenvalue weighted by molar-refractivity contribution is 0.554. The van der Waals surface area contributed by atoms with Gasteiger partial charge in [-0.2, -0.15) is 0 Å². The van der Waals surface area contributed by atoms with Crippen molar-refractivity contribution >= 4 is 11.3 Å². The third-order valence-electron chi connectivity index (χ3n) is 3.10. The van der Waals surface area contributed by atoms with E-state index in [1.165, 1.54) is 35.7 Å². The van der Waals surface area contributed by atoms with E-state index in [-0.39, 0.29) is 0 Å². The van der Waals surface area contributed by atoms with E-state index in [9.17, 15) is 0 Å². The Morgan fingerprint density at radius 1 is 1.11 bits per heavy atom. The van der Waals surface area contributed by atoms with Gasteiger partial charge >= 0.3 is 0 Å². The van der Waals surface area contributed by atoms with E-state index in [0.29, 0.717) is 5.92 Å².